The number of hydrogen-bond donors (Lipinski definition) is 2. The fourth-order valence-electron chi connectivity index (χ4n) is 1.97. The molecule has 1 aromatic rings. The lowest BCUT2D eigenvalue weighted by Gasteiger charge is -2.08. The Balaban J connectivity index is 2.64. The minimum atomic E-state index is 0.489. The van der Waals surface area contributed by atoms with E-state index in [1.54, 1.807) is 0 Å². The second-order valence-corrected chi connectivity index (χ2v) is 4.46. The molecule has 1 heterocycles. The van der Waals surface area contributed by atoms with Gasteiger partial charge in [0.15, 0.2) is 11.7 Å². The van der Waals surface area contributed by atoms with Gasteiger partial charge in [0.25, 0.3) is 0 Å². The number of rotatable bonds is 7. The first-order chi connectivity index (χ1) is 9.24. The highest BCUT2D eigenvalue weighted by molar-refractivity contribution is 5.79. The zero-order valence-corrected chi connectivity index (χ0v) is 12.5. The molecule has 0 saturated heterocycles. The summed E-state index contributed by atoms with van der Waals surface area (Å²) < 4.78 is 5.34. The monoisotopic (exact) mass is 266 g/mol. The molecule has 0 aliphatic rings. The predicted molar refractivity (Wildman–Crippen MR) is 78.3 cm³/mol. The molecule has 19 heavy (non-hydrogen) atoms. The number of nitrogens with one attached hydrogen (secondary N) is 2. The van der Waals surface area contributed by atoms with E-state index in [1.165, 1.54) is 0 Å². The molecule has 0 saturated carbocycles. The molecule has 108 valence electrons. The molecule has 5 nitrogen and oxygen atoms in total. The van der Waals surface area contributed by atoms with E-state index >= 15 is 0 Å². The van der Waals surface area contributed by atoms with Gasteiger partial charge in [-0.05, 0) is 26.7 Å². The third kappa shape index (κ3) is 4.93. The first-order valence-electron chi connectivity index (χ1n) is 7.22. The SMILES string of the molecule is CCNC(=NCc1cc(C(CC)CC)no1)NCC. The minimum absolute atomic E-state index is 0.489. The maximum absolute atomic E-state index is 5.34. The normalized spacial score (nSPS) is 10.6. The van der Waals surface area contributed by atoms with E-state index in [0.29, 0.717) is 12.5 Å². The number of guanidine groups is 1. The Bertz CT molecular complexity index is 375. The van der Waals surface area contributed by atoms with E-state index in [-0.39, 0.29) is 0 Å². The Kier molecular flexibility index (Phi) is 7.00. The molecule has 1 aromatic heterocycles. The molecule has 0 aromatic carbocycles. The molecule has 0 amide bonds. The molecule has 0 radical (unpaired) electrons. The molecule has 2 N–H and O–H groups in total. The van der Waals surface area contributed by atoms with Gasteiger partial charge in [-0.25, -0.2) is 4.99 Å². The number of aromatic nitrogens is 1. The average molecular weight is 266 g/mol. The van der Waals surface area contributed by atoms with E-state index in [9.17, 15) is 0 Å². The lowest BCUT2D eigenvalue weighted by Crippen LogP contribution is -2.36. The van der Waals surface area contributed by atoms with Gasteiger partial charge in [0.1, 0.15) is 6.54 Å². The van der Waals surface area contributed by atoms with Crippen molar-refractivity contribution in [1.29, 1.82) is 0 Å². The van der Waals surface area contributed by atoms with Gasteiger partial charge >= 0.3 is 0 Å². The van der Waals surface area contributed by atoms with E-state index < -0.39 is 0 Å². The maximum atomic E-state index is 5.34. The van der Waals surface area contributed by atoms with Crippen molar-refractivity contribution in [1.82, 2.24) is 15.8 Å². The van der Waals surface area contributed by atoms with Gasteiger partial charge in [0.05, 0.1) is 5.69 Å². The van der Waals surface area contributed by atoms with Crippen LogP contribution in [0, 0.1) is 0 Å². The summed E-state index contributed by atoms with van der Waals surface area (Å²) in [6, 6.07) is 2.02. The molecule has 0 atom stereocenters. The first-order valence-corrected chi connectivity index (χ1v) is 7.22. The van der Waals surface area contributed by atoms with Gasteiger partial charge in [-0.2, -0.15) is 0 Å². The highest BCUT2D eigenvalue weighted by Crippen LogP contribution is 2.22. The Morgan fingerprint density at radius 2 is 1.84 bits per heavy atom. The average Bonchev–Trinajstić information content (AvgIpc) is 2.87. The van der Waals surface area contributed by atoms with Gasteiger partial charge in [-0.3, -0.25) is 0 Å². The largest absolute Gasteiger partial charge is 0.359 e. The zero-order valence-electron chi connectivity index (χ0n) is 12.5. The quantitative estimate of drug-likeness (QED) is 0.588. The lowest BCUT2D eigenvalue weighted by molar-refractivity contribution is 0.372. The van der Waals surface area contributed by atoms with E-state index in [2.05, 4.69) is 34.6 Å². The van der Waals surface area contributed by atoms with Crippen molar-refractivity contribution in [2.24, 2.45) is 4.99 Å². The Morgan fingerprint density at radius 1 is 1.21 bits per heavy atom. The molecule has 5 heteroatoms. The van der Waals surface area contributed by atoms with E-state index in [1.807, 2.05) is 19.9 Å². The Hall–Kier alpha value is -1.52. The van der Waals surface area contributed by atoms with Crippen molar-refractivity contribution in [3.8, 4) is 0 Å². The van der Waals surface area contributed by atoms with Crippen LogP contribution in [-0.2, 0) is 6.54 Å². The summed E-state index contributed by atoms with van der Waals surface area (Å²) >= 11 is 0. The summed E-state index contributed by atoms with van der Waals surface area (Å²) in [5, 5.41) is 10.5. The van der Waals surface area contributed by atoms with Crippen molar-refractivity contribution in [3.05, 3.63) is 17.5 Å². The van der Waals surface area contributed by atoms with Crippen LogP contribution >= 0.6 is 0 Å². The Morgan fingerprint density at radius 3 is 2.37 bits per heavy atom. The van der Waals surface area contributed by atoms with Gasteiger partial charge in [0.2, 0.25) is 0 Å². The van der Waals surface area contributed by atoms with E-state index in [4.69, 9.17) is 4.52 Å². The fourth-order valence-corrected chi connectivity index (χ4v) is 1.97. The fraction of sp³-hybridized carbons (Fsp3) is 0.714. The minimum Gasteiger partial charge on any atom is -0.359 e. The van der Waals surface area contributed by atoms with Crippen LogP contribution in [0.3, 0.4) is 0 Å². The zero-order chi connectivity index (χ0) is 14.1. The Labute approximate surface area is 115 Å². The van der Waals surface area contributed by atoms with Crippen LogP contribution in [0.4, 0.5) is 0 Å². The standard InChI is InChI=1S/C14H26N4O/c1-5-11(6-2)13-9-12(19-18-13)10-17-14(15-7-3)16-8-4/h9,11H,5-8,10H2,1-4H3,(H2,15,16,17). The van der Waals surface area contributed by atoms with Crippen LogP contribution < -0.4 is 10.6 Å². The molecular formula is C14H26N4O. The molecule has 0 aliphatic heterocycles. The predicted octanol–water partition coefficient (Wildman–Crippen LogP) is 2.65. The third-order valence-electron chi connectivity index (χ3n) is 3.06. The number of nitrogens with zero attached hydrogens (tertiary/aromatic N) is 2. The highest BCUT2D eigenvalue weighted by atomic mass is 16.5. The van der Waals surface area contributed by atoms with E-state index in [0.717, 1.165) is 43.3 Å². The summed E-state index contributed by atoms with van der Waals surface area (Å²) in [5.41, 5.74) is 1.05. The van der Waals surface area contributed by atoms with Crippen molar-refractivity contribution >= 4 is 5.96 Å². The molecule has 0 unspecified atom stereocenters. The van der Waals surface area contributed by atoms with Crippen LogP contribution in [0.1, 0.15) is 57.9 Å². The van der Waals surface area contributed by atoms with Crippen molar-refractivity contribution < 1.29 is 4.52 Å². The lowest BCUT2D eigenvalue weighted by atomic mass is 9.99. The summed E-state index contributed by atoms with van der Waals surface area (Å²) in [5.74, 6) is 2.11. The highest BCUT2D eigenvalue weighted by Gasteiger charge is 2.12. The summed E-state index contributed by atoms with van der Waals surface area (Å²) in [6.45, 7) is 10.7. The maximum Gasteiger partial charge on any atom is 0.191 e. The second-order valence-electron chi connectivity index (χ2n) is 4.46. The van der Waals surface area contributed by atoms with Crippen molar-refractivity contribution in [3.63, 3.8) is 0 Å². The number of aliphatic imine (C=N–C) groups is 1. The second kappa shape index (κ2) is 8.56. The summed E-state index contributed by atoms with van der Waals surface area (Å²) in [4.78, 5) is 4.46. The topological polar surface area (TPSA) is 62.5 Å². The van der Waals surface area contributed by atoms with Crippen LogP contribution in [0.2, 0.25) is 0 Å². The molecular weight excluding hydrogens is 240 g/mol. The molecule has 0 bridgehead atoms. The summed E-state index contributed by atoms with van der Waals surface area (Å²) in [6.07, 6.45) is 2.18. The van der Waals surface area contributed by atoms with Crippen LogP contribution in [-0.4, -0.2) is 24.2 Å². The first kappa shape index (κ1) is 15.5. The molecule has 1 rings (SSSR count). The van der Waals surface area contributed by atoms with Crippen molar-refractivity contribution in [2.75, 3.05) is 13.1 Å². The van der Waals surface area contributed by atoms with Crippen LogP contribution in [0.15, 0.2) is 15.6 Å². The molecule has 0 aliphatic carbocycles. The van der Waals surface area contributed by atoms with Gasteiger partial charge in [-0.1, -0.05) is 19.0 Å². The van der Waals surface area contributed by atoms with Gasteiger partial charge < -0.3 is 15.2 Å². The molecule has 0 fully saturated rings. The van der Waals surface area contributed by atoms with Gasteiger partial charge in [-0.15, -0.1) is 0 Å². The smallest absolute Gasteiger partial charge is 0.191 e. The molecule has 0 spiro atoms. The van der Waals surface area contributed by atoms with Gasteiger partial charge in [0, 0.05) is 25.1 Å². The number of hydrogen-bond acceptors (Lipinski definition) is 3. The third-order valence-corrected chi connectivity index (χ3v) is 3.06. The van der Waals surface area contributed by atoms with Crippen LogP contribution in [0.5, 0.6) is 0 Å². The van der Waals surface area contributed by atoms with Crippen molar-refractivity contribution in [2.45, 2.75) is 53.0 Å². The summed E-state index contributed by atoms with van der Waals surface area (Å²) in [7, 11) is 0. The van der Waals surface area contributed by atoms with Crippen LogP contribution in [0.25, 0.3) is 0 Å².